The fourth-order valence-corrected chi connectivity index (χ4v) is 2.84. The normalized spacial score (nSPS) is 12.1. The lowest BCUT2D eigenvalue weighted by atomic mass is 10.2. The molecule has 8 heteroatoms. The first-order valence-electron chi connectivity index (χ1n) is 3.63. The number of hydrogen-bond donors (Lipinski definition) is 0. The summed E-state index contributed by atoms with van der Waals surface area (Å²) in [6.07, 6.45) is -2.25. The van der Waals surface area contributed by atoms with Gasteiger partial charge in [0.1, 0.15) is 4.90 Å². The zero-order valence-electron chi connectivity index (χ0n) is 7.34. The van der Waals surface area contributed by atoms with Gasteiger partial charge >= 0.3 is 0 Å². The highest BCUT2D eigenvalue weighted by Gasteiger charge is 2.26. The van der Waals surface area contributed by atoms with Crippen LogP contribution in [0.15, 0.2) is 11.1 Å². The summed E-state index contributed by atoms with van der Waals surface area (Å²) in [5.74, 6) is 0. The van der Waals surface area contributed by atoms with E-state index in [-0.39, 0.29) is 10.7 Å². The highest BCUT2D eigenvalue weighted by molar-refractivity contribution is 8.13. The van der Waals surface area contributed by atoms with Gasteiger partial charge in [0.25, 0.3) is 15.5 Å². The van der Waals surface area contributed by atoms with E-state index in [1.165, 1.54) is 6.92 Å². The maximum absolute atomic E-state index is 12.4. The molecule has 84 valence electrons. The number of nitrogens with zero attached hydrogens (tertiary/aromatic N) is 1. The van der Waals surface area contributed by atoms with E-state index < -0.39 is 25.9 Å². The van der Waals surface area contributed by atoms with Gasteiger partial charge in [0.2, 0.25) is 0 Å². The fraction of sp³-hybridized carbons (Fsp3) is 0.286. The van der Waals surface area contributed by atoms with Crippen LogP contribution in [0.3, 0.4) is 0 Å². The number of hydrogen-bond acceptors (Lipinski definition) is 3. The van der Waals surface area contributed by atoms with Crippen molar-refractivity contribution in [3.8, 4) is 0 Å². The summed E-state index contributed by atoms with van der Waals surface area (Å²) < 4.78 is 47.0. The number of rotatable bonds is 2. The molecule has 0 amide bonds. The Morgan fingerprint density at radius 3 is 2.40 bits per heavy atom. The summed E-state index contributed by atoms with van der Waals surface area (Å²) in [7, 11) is 0.700. The molecule has 0 unspecified atom stereocenters. The number of pyridine rings is 1. The van der Waals surface area contributed by atoms with Gasteiger partial charge < -0.3 is 0 Å². The van der Waals surface area contributed by atoms with Crippen LogP contribution in [0.5, 0.6) is 0 Å². The Hall–Kier alpha value is -0.460. The summed E-state index contributed by atoms with van der Waals surface area (Å²) in [5, 5.41) is -0.372. The topological polar surface area (TPSA) is 47.0 Å². The van der Waals surface area contributed by atoms with Gasteiger partial charge in [-0.3, -0.25) is 4.98 Å². The van der Waals surface area contributed by atoms with Gasteiger partial charge in [-0.1, -0.05) is 11.6 Å². The highest BCUT2D eigenvalue weighted by atomic mass is 35.7. The first-order chi connectivity index (χ1) is 6.75. The Morgan fingerprint density at radius 1 is 1.47 bits per heavy atom. The molecule has 0 saturated heterocycles. The Balaban J connectivity index is 3.65. The summed E-state index contributed by atoms with van der Waals surface area (Å²) in [5.41, 5.74) is -0.666. The largest absolute Gasteiger partial charge is 0.266 e. The molecular weight excluding hydrogens is 271 g/mol. The molecule has 0 fully saturated rings. The molecule has 0 spiro atoms. The van der Waals surface area contributed by atoms with E-state index in [2.05, 4.69) is 4.98 Å². The molecule has 1 rings (SSSR count). The van der Waals surface area contributed by atoms with E-state index in [1.54, 1.807) is 0 Å². The molecule has 0 aliphatic heterocycles. The Bertz CT molecular complexity index is 490. The van der Waals surface area contributed by atoms with Crippen LogP contribution < -0.4 is 0 Å². The van der Waals surface area contributed by atoms with Crippen molar-refractivity contribution in [2.24, 2.45) is 0 Å². The number of aromatic nitrogens is 1. The summed E-state index contributed by atoms with van der Waals surface area (Å²) >= 11 is 5.57. The molecule has 0 atom stereocenters. The van der Waals surface area contributed by atoms with Gasteiger partial charge in [0.05, 0.1) is 16.3 Å². The van der Waals surface area contributed by atoms with Gasteiger partial charge in [-0.2, -0.15) is 0 Å². The predicted molar refractivity (Wildman–Crippen MR) is 52.0 cm³/mol. The molecule has 0 saturated carbocycles. The minimum atomic E-state index is -4.31. The second-order valence-corrected chi connectivity index (χ2v) is 5.56. The van der Waals surface area contributed by atoms with Crippen molar-refractivity contribution >= 4 is 31.3 Å². The van der Waals surface area contributed by atoms with Crippen LogP contribution in [0.2, 0.25) is 5.02 Å². The Morgan fingerprint density at radius 2 is 2.00 bits per heavy atom. The summed E-state index contributed by atoms with van der Waals surface area (Å²) in [4.78, 5) is 2.77. The quantitative estimate of drug-likeness (QED) is 0.780. The van der Waals surface area contributed by atoms with Gasteiger partial charge in [0, 0.05) is 16.9 Å². The van der Waals surface area contributed by atoms with Crippen LogP contribution in [0.1, 0.15) is 17.7 Å². The van der Waals surface area contributed by atoms with E-state index in [1.807, 2.05) is 0 Å². The molecule has 0 aliphatic carbocycles. The molecule has 0 bridgehead atoms. The van der Waals surface area contributed by atoms with Crippen LogP contribution in [0, 0.1) is 6.92 Å². The van der Waals surface area contributed by atoms with Crippen LogP contribution in [0.4, 0.5) is 8.78 Å². The minimum Gasteiger partial charge on any atom is -0.259 e. The van der Waals surface area contributed by atoms with E-state index in [0.717, 1.165) is 6.20 Å². The molecule has 15 heavy (non-hydrogen) atoms. The molecule has 3 nitrogen and oxygen atoms in total. The Kier molecular flexibility index (Phi) is 3.52. The standard InChI is InChI=1S/C7H5Cl2F2NO2S/c1-3-5(8)6(15(9,13)14)4(2-12-3)7(10)11/h2,7H,1H3. The van der Waals surface area contributed by atoms with Crippen LogP contribution in [-0.2, 0) is 9.05 Å². The Labute approximate surface area is 94.4 Å². The number of halogens is 4. The monoisotopic (exact) mass is 275 g/mol. The zero-order chi connectivity index (χ0) is 11.8. The van der Waals surface area contributed by atoms with Gasteiger partial charge in [-0.15, -0.1) is 0 Å². The van der Waals surface area contributed by atoms with Crippen molar-refractivity contribution in [1.29, 1.82) is 0 Å². The lowest BCUT2D eigenvalue weighted by Crippen LogP contribution is -2.03. The highest BCUT2D eigenvalue weighted by Crippen LogP contribution is 2.34. The van der Waals surface area contributed by atoms with E-state index in [9.17, 15) is 17.2 Å². The van der Waals surface area contributed by atoms with Gasteiger partial charge in [-0.05, 0) is 6.92 Å². The van der Waals surface area contributed by atoms with Gasteiger partial charge in [0.15, 0.2) is 0 Å². The van der Waals surface area contributed by atoms with Crippen molar-refractivity contribution in [3.63, 3.8) is 0 Å². The van der Waals surface area contributed by atoms with Crippen LogP contribution in [0.25, 0.3) is 0 Å². The average Bonchev–Trinajstić information content (AvgIpc) is 2.06. The van der Waals surface area contributed by atoms with E-state index in [4.69, 9.17) is 22.3 Å². The molecule has 0 aliphatic rings. The van der Waals surface area contributed by atoms with Crippen molar-refractivity contribution < 1.29 is 17.2 Å². The predicted octanol–water partition coefficient (Wildman–Crippen LogP) is 2.91. The summed E-state index contributed by atoms with van der Waals surface area (Å²) in [6, 6.07) is 0. The van der Waals surface area contributed by atoms with Crippen molar-refractivity contribution in [2.45, 2.75) is 18.2 Å². The first-order valence-corrected chi connectivity index (χ1v) is 6.31. The van der Waals surface area contributed by atoms with Crippen molar-refractivity contribution in [1.82, 2.24) is 4.98 Å². The lowest BCUT2D eigenvalue weighted by molar-refractivity contribution is 0.147. The van der Waals surface area contributed by atoms with Crippen molar-refractivity contribution in [2.75, 3.05) is 0 Å². The third-order valence-corrected chi connectivity index (χ3v) is 3.62. The van der Waals surface area contributed by atoms with Gasteiger partial charge in [-0.25, -0.2) is 17.2 Å². The molecule has 0 N–H and O–H groups in total. The summed E-state index contributed by atoms with van der Waals surface area (Å²) in [6.45, 7) is 1.39. The molecule has 1 aromatic heterocycles. The molecule has 0 aromatic carbocycles. The van der Waals surface area contributed by atoms with Crippen LogP contribution >= 0.6 is 22.3 Å². The fourth-order valence-electron chi connectivity index (χ4n) is 0.976. The first kappa shape index (κ1) is 12.6. The maximum Gasteiger partial charge on any atom is 0.266 e. The second kappa shape index (κ2) is 4.19. The maximum atomic E-state index is 12.4. The number of alkyl halides is 2. The molecular formula is C7H5Cl2F2NO2S. The zero-order valence-corrected chi connectivity index (χ0v) is 9.67. The molecule has 1 aromatic rings. The molecule has 1 heterocycles. The van der Waals surface area contributed by atoms with Crippen molar-refractivity contribution in [3.05, 3.63) is 22.5 Å². The molecule has 0 radical (unpaired) electrons. The lowest BCUT2D eigenvalue weighted by Gasteiger charge is -2.08. The third-order valence-electron chi connectivity index (χ3n) is 1.66. The van der Waals surface area contributed by atoms with Crippen LogP contribution in [-0.4, -0.2) is 13.4 Å². The third kappa shape index (κ3) is 2.56. The minimum absolute atomic E-state index is 0.125. The smallest absolute Gasteiger partial charge is 0.259 e. The van der Waals surface area contributed by atoms with E-state index in [0.29, 0.717) is 0 Å². The second-order valence-electron chi connectivity index (χ2n) is 2.68. The average molecular weight is 276 g/mol. The number of aryl methyl sites for hydroxylation is 1. The van der Waals surface area contributed by atoms with E-state index >= 15 is 0 Å². The SMILES string of the molecule is Cc1ncc(C(F)F)c(S(=O)(=O)Cl)c1Cl.